The average molecular weight is 445 g/mol. The smallest absolute Gasteiger partial charge is 0.239 e. The van der Waals surface area contributed by atoms with Crippen LogP contribution in [0.4, 0.5) is 4.39 Å². The van der Waals surface area contributed by atoms with Crippen molar-refractivity contribution in [3.8, 4) is 17.0 Å². The van der Waals surface area contributed by atoms with Gasteiger partial charge >= 0.3 is 0 Å². The van der Waals surface area contributed by atoms with Crippen LogP contribution < -0.4 is 10.1 Å². The van der Waals surface area contributed by atoms with Crippen LogP contribution >= 0.6 is 0 Å². The summed E-state index contributed by atoms with van der Waals surface area (Å²) in [5.74, 6) is 0.129. The van der Waals surface area contributed by atoms with E-state index in [1.807, 2.05) is 42.5 Å². The molecule has 2 aliphatic rings. The molecule has 5 rings (SSSR count). The highest BCUT2D eigenvalue weighted by Gasteiger charge is 2.32. The molecule has 168 valence electrons. The van der Waals surface area contributed by atoms with E-state index in [1.54, 1.807) is 17.2 Å². The van der Waals surface area contributed by atoms with E-state index in [2.05, 4.69) is 10.3 Å². The molecule has 3 aromatic rings. The van der Waals surface area contributed by atoms with Crippen molar-refractivity contribution in [2.24, 2.45) is 0 Å². The molecule has 1 N–H and O–H groups in total. The topological polar surface area (TPSA) is 71.5 Å². The third-order valence-electron chi connectivity index (χ3n) is 6.15. The van der Waals surface area contributed by atoms with Gasteiger partial charge in [0.05, 0.1) is 18.8 Å². The van der Waals surface area contributed by atoms with Gasteiger partial charge in [0.15, 0.2) is 0 Å². The number of carbonyl (C=O) groups is 2. The van der Waals surface area contributed by atoms with Gasteiger partial charge in [-0.05, 0) is 29.8 Å². The van der Waals surface area contributed by atoms with E-state index in [0.29, 0.717) is 36.4 Å². The van der Waals surface area contributed by atoms with Crippen LogP contribution in [0.2, 0.25) is 0 Å². The number of carbonyl (C=O) groups excluding carboxylic acids is 2. The van der Waals surface area contributed by atoms with Crippen molar-refractivity contribution in [3.63, 3.8) is 0 Å². The Bertz CT molecular complexity index is 1170. The summed E-state index contributed by atoms with van der Waals surface area (Å²) in [4.78, 5) is 30.8. The van der Waals surface area contributed by atoms with Crippen LogP contribution in [0.15, 0.2) is 66.9 Å². The summed E-state index contributed by atoms with van der Waals surface area (Å²) in [5, 5.41) is 2.87. The molecular formula is C26H24FN3O3. The maximum atomic E-state index is 14.2. The van der Waals surface area contributed by atoms with Crippen molar-refractivity contribution in [1.29, 1.82) is 0 Å². The second kappa shape index (κ2) is 9.02. The molecule has 1 aromatic heterocycles. The summed E-state index contributed by atoms with van der Waals surface area (Å²) < 4.78 is 20.2. The molecule has 0 aliphatic carbocycles. The van der Waals surface area contributed by atoms with Gasteiger partial charge < -0.3 is 15.0 Å². The molecule has 1 fully saturated rings. The zero-order valence-corrected chi connectivity index (χ0v) is 18.0. The second-order valence-corrected chi connectivity index (χ2v) is 8.49. The Balaban J connectivity index is 1.18. The molecule has 0 radical (unpaired) electrons. The number of hydrogen-bond donors (Lipinski definition) is 1. The van der Waals surface area contributed by atoms with Crippen molar-refractivity contribution < 1.29 is 18.7 Å². The molecule has 0 bridgehead atoms. The number of likely N-dealkylation sites (tertiary alicyclic amines) is 1. The fourth-order valence-corrected chi connectivity index (χ4v) is 4.55. The van der Waals surface area contributed by atoms with Gasteiger partial charge in [-0.15, -0.1) is 0 Å². The molecule has 2 aliphatic heterocycles. The van der Waals surface area contributed by atoms with Crippen LogP contribution in [0.25, 0.3) is 11.3 Å². The second-order valence-electron chi connectivity index (χ2n) is 8.49. The van der Waals surface area contributed by atoms with E-state index in [1.165, 1.54) is 12.1 Å². The molecule has 7 heteroatoms. The summed E-state index contributed by atoms with van der Waals surface area (Å²) in [6, 6.07) is 18.2. The molecule has 33 heavy (non-hydrogen) atoms. The zero-order chi connectivity index (χ0) is 22.8. The maximum absolute atomic E-state index is 14.2. The Labute approximate surface area is 191 Å². The van der Waals surface area contributed by atoms with E-state index >= 15 is 0 Å². The number of rotatable bonds is 6. The zero-order valence-electron chi connectivity index (χ0n) is 18.0. The minimum Gasteiger partial charge on any atom is -0.487 e. The maximum Gasteiger partial charge on any atom is 0.239 e. The van der Waals surface area contributed by atoms with Gasteiger partial charge in [0, 0.05) is 42.6 Å². The number of pyridine rings is 1. The Kier molecular flexibility index (Phi) is 5.77. The lowest BCUT2D eigenvalue weighted by Crippen LogP contribution is -2.41. The highest BCUT2D eigenvalue weighted by molar-refractivity contribution is 5.86. The largest absolute Gasteiger partial charge is 0.487 e. The van der Waals surface area contributed by atoms with Gasteiger partial charge in [-0.25, -0.2) is 4.39 Å². The number of nitrogens with one attached hydrogen (secondary N) is 1. The predicted molar refractivity (Wildman–Crippen MR) is 121 cm³/mol. The molecule has 0 saturated carbocycles. The molecule has 0 unspecified atom stereocenters. The fourth-order valence-electron chi connectivity index (χ4n) is 4.55. The number of fused-ring (bicyclic) bond motifs is 1. The summed E-state index contributed by atoms with van der Waals surface area (Å²) in [5.41, 5.74) is 3.12. The first-order valence-electron chi connectivity index (χ1n) is 11.1. The van der Waals surface area contributed by atoms with Crippen molar-refractivity contribution >= 4 is 11.8 Å². The third kappa shape index (κ3) is 4.58. The lowest BCUT2D eigenvalue weighted by atomic mass is 9.99. The van der Waals surface area contributed by atoms with Gasteiger partial charge in [-0.1, -0.05) is 36.4 Å². The Morgan fingerprint density at radius 3 is 2.73 bits per heavy atom. The fraction of sp³-hybridized carbons (Fsp3) is 0.269. The van der Waals surface area contributed by atoms with Crippen LogP contribution in [0.1, 0.15) is 23.5 Å². The van der Waals surface area contributed by atoms with Gasteiger partial charge in [0.2, 0.25) is 11.8 Å². The number of aromatic nitrogens is 1. The van der Waals surface area contributed by atoms with Crippen LogP contribution in [-0.2, 0) is 16.0 Å². The highest BCUT2D eigenvalue weighted by atomic mass is 19.1. The van der Waals surface area contributed by atoms with E-state index in [9.17, 15) is 14.0 Å². The van der Waals surface area contributed by atoms with Crippen LogP contribution in [0.3, 0.4) is 0 Å². The highest BCUT2D eigenvalue weighted by Crippen LogP contribution is 2.38. The Morgan fingerprint density at radius 2 is 1.94 bits per heavy atom. The number of nitrogens with zero attached hydrogens (tertiary/aromatic N) is 2. The first-order valence-corrected chi connectivity index (χ1v) is 11.1. The lowest BCUT2D eigenvalue weighted by Gasteiger charge is -2.18. The molecule has 0 spiro atoms. The number of ether oxygens (including phenoxy) is 1. The van der Waals surface area contributed by atoms with E-state index < -0.39 is 0 Å². The van der Waals surface area contributed by atoms with Gasteiger partial charge in [0.1, 0.15) is 17.7 Å². The number of halogens is 1. The molecule has 6 nitrogen and oxygen atoms in total. The minimum absolute atomic E-state index is 0.0148. The van der Waals surface area contributed by atoms with E-state index in [0.717, 1.165) is 11.1 Å². The molecular weight excluding hydrogens is 421 g/mol. The summed E-state index contributed by atoms with van der Waals surface area (Å²) in [6.07, 6.45) is 2.26. The quantitative estimate of drug-likeness (QED) is 0.632. The first kappa shape index (κ1) is 21.1. The standard InChI is InChI=1S/C26H24FN3O3/c27-20-10-18-11-21(33-26(18)22(13-20)23-8-4-5-9-28-23)14-29-24(31)16-30-15-19(12-25(30)32)17-6-2-1-3-7-17/h1-10,13,19,21H,11-12,14-16H2,(H,29,31)/t19-,21-/m1/s1. The predicted octanol–water partition coefficient (Wildman–Crippen LogP) is 3.32. The van der Waals surface area contributed by atoms with Gasteiger partial charge in [-0.2, -0.15) is 0 Å². The number of benzene rings is 2. The summed E-state index contributed by atoms with van der Waals surface area (Å²) in [7, 11) is 0. The van der Waals surface area contributed by atoms with Crippen LogP contribution in [0.5, 0.6) is 5.75 Å². The van der Waals surface area contributed by atoms with Crippen LogP contribution in [0, 0.1) is 5.82 Å². The average Bonchev–Trinajstić information content (AvgIpc) is 3.41. The number of hydrogen-bond acceptors (Lipinski definition) is 4. The molecule has 1 saturated heterocycles. The molecule has 2 atom stereocenters. The monoisotopic (exact) mass is 445 g/mol. The lowest BCUT2D eigenvalue weighted by molar-refractivity contribution is -0.133. The summed E-state index contributed by atoms with van der Waals surface area (Å²) in [6.45, 7) is 0.838. The summed E-state index contributed by atoms with van der Waals surface area (Å²) >= 11 is 0. The molecule has 2 aromatic carbocycles. The molecule has 3 heterocycles. The Morgan fingerprint density at radius 1 is 1.12 bits per heavy atom. The Hall–Kier alpha value is -3.74. The third-order valence-corrected chi connectivity index (χ3v) is 6.15. The van der Waals surface area contributed by atoms with Crippen molar-refractivity contribution in [1.82, 2.24) is 15.2 Å². The first-order chi connectivity index (χ1) is 16.1. The SMILES string of the molecule is O=C(CN1C[C@H](c2ccccc2)CC1=O)NC[C@H]1Cc2cc(F)cc(-c3ccccn3)c2O1. The van der Waals surface area contributed by atoms with Gasteiger partial charge in [-0.3, -0.25) is 14.6 Å². The van der Waals surface area contributed by atoms with E-state index in [4.69, 9.17) is 4.74 Å². The van der Waals surface area contributed by atoms with Gasteiger partial charge in [0.25, 0.3) is 0 Å². The minimum atomic E-state index is -0.344. The van der Waals surface area contributed by atoms with E-state index in [-0.39, 0.29) is 42.7 Å². The molecule has 2 amide bonds. The number of amides is 2. The van der Waals surface area contributed by atoms with Crippen molar-refractivity contribution in [3.05, 3.63) is 83.8 Å². The van der Waals surface area contributed by atoms with Crippen molar-refractivity contribution in [2.45, 2.75) is 24.9 Å². The normalized spacial score (nSPS) is 19.3. The van der Waals surface area contributed by atoms with Crippen molar-refractivity contribution in [2.75, 3.05) is 19.6 Å². The van der Waals surface area contributed by atoms with Crippen LogP contribution in [-0.4, -0.2) is 47.4 Å².